The van der Waals surface area contributed by atoms with Crippen LogP contribution in [-0.2, 0) is 4.74 Å². The molecule has 0 radical (unpaired) electrons. The summed E-state index contributed by atoms with van der Waals surface area (Å²) in [6.07, 6.45) is 17.9. The molecule has 3 aliphatic carbocycles. The van der Waals surface area contributed by atoms with E-state index in [1.807, 2.05) is 12.2 Å². The Labute approximate surface area is 175 Å². The van der Waals surface area contributed by atoms with E-state index in [0.717, 1.165) is 48.8 Å². The van der Waals surface area contributed by atoms with Gasteiger partial charge in [-0.1, -0.05) is 49.5 Å². The van der Waals surface area contributed by atoms with Gasteiger partial charge < -0.3 is 20.3 Å². The van der Waals surface area contributed by atoms with Crippen molar-refractivity contribution in [1.82, 2.24) is 5.32 Å². The van der Waals surface area contributed by atoms with Crippen LogP contribution in [0.15, 0.2) is 47.1 Å². The minimum absolute atomic E-state index is 0.0247. The molecular formula is C25H37NO3. The molecule has 1 aliphatic heterocycles. The zero-order valence-electron chi connectivity index (χ0n) is 17.7. The zero-order chi connectivity index (χ0) is 20.3. The first-order chi connectivity index (χ1) is 14.1. The molecule has 0 aromatic carbocycles. The van der Waals surface area contributed by atoms with Crippen LogP contribution in [0.1, 0.15) is 70.6 Å². The van der Waals surface area contributed by atoms with Gasteiger partial charge in [0, 0.05) is 12.1 Å². The number of hydrogen-bond acceptors (Lipinski definition) is 4. The predicted octanol–water partition coefficient (Wildman–Crippen LogP) is 4.31. The molecule has 4 rings (SSSR count). The Balaban J connectivity index is 1.64. The van der Waals surface area contributed by atoms with Gasteiger partial charge >= 0.3 is 0 Å². The van der Waals surface area contributed by atoms with E-state index in [4.69, 9.17) is 4.74 Å². The normalized spacial score (nSPS) is 33.7. The Morgan fingerprint density at radius 2 is 1.83 bits per heavy atom. The van der Waals surface area contributed by atoms with Crippen LogP contribution in [0.2, 0.25) is 0 Å². The lowest BCUT2D eigenvalue weighted by Gasteiger charge is -2.45. The molecule has 4 nitrogen and oxygen atoms in total. The highest BCUT2D eigenvalue weighted by molar-refractivity contribution is 5.51. The molecule has 1 heterocycles. The minimum Gasteiger partial charge on any atom is -0.384 e. The van der Waals surface area contributed by atoms with Gasteiger partial charge in [0.2, 0.25) is 5.79 Å². The lowest BCUT2D eigenvalue weighted by atomic mass is 9.75. The summed E-state index contributed by atoms with van der Waals surface area (Å²) >= 11 is 0. The summed E-state index contributed by atoms with van der Waals surface area (Å²) in [4.78, 5) is 0. The van der Waals surface area contributed by atoms with Crippen LogP contribution in [0.4, 0.5) is 0 Å². The largest absolute Gasteiger partial charge is 0.384 e. The van der Waals surface area contributed by atoms with Crippen molar-refractivity contribution in [2.75, 3.05) is 13.1 Å². The summed E-state index contributed by atoms with van der Waals surface area (Å²) in [5.74, 6) is -0.925. The lowest BCUT2D eigenvalue weighted by molar-refractivity contribution is -0.221. The van der Waals surface area contributed by atoms with E-state index in [1.54, 1.807) is 6.08 Å². The van der Waals surface area contributed by atoms with Gasteiger partial charge in [0.1, 0.15) is 6.10 Å². The van der Waals surface area contributed by atoms with Crippen molar-refractivity contribution in [2.24, 2.45) is 5.92 Å². The molecule has 0 aromatic rings. The molecule has 1 unspecified atom stereocenters. The average Bonchev–Trinajstić information content (AvgIpc) is 2.76. The third-order valence-corrected chi connectivity index (χ3v) is 7.28. The highest BCUT2D eigenvalue weighted by Crippen LogP contribution is 2.44. The molecule has 3 atom stereocenters. The Kier molecular flexibility index (Phi) is 6.75. The molecule has 160 valence electrons. The number of aliphatic hydroxyl groups is 2. The maximum atomic E-state index is 11.6. The summed E-state index contributed by atoms with van der Waals surface area (Å²) in [5, 5.41) is 26.2. The van der Waals surface area contributed by atoms with Crippen molar-refractivity contribution in [3.8, 4) is 0 Å². The van der Waals surface area contributed by atoms with Crippen LogP contribution in [0, 0.1) is 5.92 Å². The van der Waals surface area contributed by atoms with E-state index in [1.165, 1.54) is 44.1 Å². The topological polar surface area (TPSA) is 61.7 Å². The smallest absolute Gasteiger partial charge is 0.205 e. The molecule has 0 aromatic heterocycles. The molecule has 2 fully saturated rings. The summed E-state index contributed by atoms with van der Waals surface area (Å²) in [6.45, 7) is 4.68. The maximum absolute atomic E-state index is 11.6. The van der Waals surface area contributed by atoms with Crippen molar-refractivity contribution in [1.29, 1.82) is 0 Å². The zero-order valence-corrected chi connectivity index (χ0v) is 17.7. The van der Waals surface area contributed by atoms with Gasteiger partial charge in [-0.25, -0.2) is 0 Å². The molecule has 4 heteroatoms. The van der Waals surface area contributed by atoms with Crippen molar-refractivity contribution >= 4 is 0 Å². The molecular weight excluding hydrogens is 362 g/mol. The third kappa shape index (κ3) is 4.46. The molecule has 0 amide bonds. The second-order valence-electron chi connectivity index (χ2n) is 9.26. The standard InChI is InChI=1S/C25H37NO3/c1-2-15-26-17-25(28)22-14-13-20(18-9-5-3-6-10-18)24(27)21(22)16-23(29-25)19-11-7-4-8-12-19/h2,13-14,19,23-24,26-28H,1,3-12,15-17H2/t23-,24?,25-/m1/s1. The van der Waals surface area contributed by atoms with Gasteiger partial charge in [-0.2, -0.15) is 0 Å². The fourth-order valence-electron chi connectivity index (χ4n) is 5.71. The summed E-state index contributed by atoms with van der Waals surface area (Å²) in [5.41, 5.74) is 4.22. The first-order valence-corrected chi connectivity index (χ1v) is 11.7. The second kappa shape index (κ2) is 9.30. The summed E-state index contributed by atoms with van der Waals surface area (Å²) in [7, 11) is 0. The van der Waals surface area contributed by atoms with E-state index in [-0.39, 0.29) is 6.10 Å². The predicted molar refractivity (Wildman–Crippen MR) is 116 cm³/mol. The second-order valence-corrected chi connectivity index (χ2v) is 9.26. The van der Waals surface area contributed by atoms with Crippen molar-refractivity contribution in [3.63, 3.8) is 0 Å². The van der Waals surface area contributed by atoms with Gasteiger partial charge in [-0.3, -0.25) is 0 Å². The fraction of sp³-hybridized carbons (Fsp3) is 0.680. The van der Waals surface area contributed by atoms with Crippen LogP contribution in [0.5, 0.6) is 0 Å². The Morgan fingerprint density at radius 3 is 2.55 bits per heavy atom. The molecule has 29 heavy (non-hydrogen) atoms. The summed E-state index contributed by atoms with van der Waals surface area (Å²) in [6, 6.07) is 0. The maximum Gasteiger partial charge on any atom is 0.205 e. The van der Waals surface area contributed by atoms with E-state index in [9.17, 15) is 10.2 Å². The molecule has 3 N–H and O–H groups in total. The first-order valence-electron chi connectivity index (χ1n) is 11.7. The van der Waals surface area contributed by atoms with Crippen LogP contribution in [0.25, 0.3) is 0 Å². The van der Waals surface area contributed by atoms with Gasteiger partial charge in [0.25, 0.3) is 0 Å². The number of nitrogens with one attached hydrogen (secondary N) is 1. The van der Waals surface area contributed by atoms with Crippen LogP contribution < -0.4 is 5.32 Å². The Bertz CT molecular complexity index is 693. The lowest BCUT2D eigenvalue weighted by Crippen LogP contribution is -2.53. The monoisotopic (exact) mass is 399 g/mol. The SMILES string of the molecule is C=CCNC[C@@]1(O)O[C@@H](C2CCCCC2)CC2=C1C=CC(=C1CCCCC1)C2O. The minimum atomic E-state index is -1.39. The number of rotatable bonds is 5. The van der Waals surface area contributed by atoms with Crippen molar-refractivity contribution in [3.05, 3.63) is 47.1 Å². The van der Waals surface area contributed by atoms with Gasteiger partial charge in [-0.15, -0.1) is 6.58 Å². The molecule has 0 spiro atoms. The number of allylic oxidation sites excluding steroid dienone is 1. The van der Waals surface area contributed by atoms with E-state index in [2.05, 4.69) is 11.9 Å². The summed E-state index contributed by atoms with van der Waals surface area (Å²) < 4.78 is 6.38. The fourth-order valence-corrected chi connectivity index (χ4v) is 5.71. The molecule has 4 aliphatic rings. The van der Waals surface area contributed by atoms with Gasteiger partial charge in [-0.05, 0) is 62.0 Å². The van der Waals surface area contributed by atoms with E-state index in [0.29, 0.717) is 19.0 Å². The highest BCUT2D eigenvalue weighted by atomic mass is 16.6. The first kappa shape index (κ1) is 21.0. The quantitative estimate of drug-likeness (QED) is 0.476. The number of hydrogen-bond donors (Lipinski definition) is 3. The number of ether oxygens (including phenoxy) is 1. The Morgan fingerprint density at radius 1 is 1.10 bits per heavy atom. The van der Waals surface area contributed by atoms with Crippen LogP contribution in [-0.4, -0.2) is 41.3 Å². The van der Waals surface area contributed by atoms with Crippen molar-refractivity contribution in [2.45, 2.75) is 88.6 Å². The van der Waals surface area contributed by atoms with E-state index < -0.39 is 11.9 Å². The molecule has 0 saturated heterocycles. The van der Waals surface area contributed by atoms with Gasteiger partial charge in [0.05, 0.1) is 12.6 Å². The molecule has 0 bridgehead atoms. The van der Waals surface area contributed by atoms with Crippen LogP contribution >= 0.6 is 0 Å². The average molecular weight is 400 g/mol. The molecule has 2 saturated carbocycles. The Hall–Kier alpha value is -1.20. The number of aliphatic hydroxyl groups excluding tert-OH is 1. The van der Waals surface area contributed by atoms with Crippen LogP contribution in [0.3, 0.4) is 0 Å². The third-order valence-electron chi connectivity index (χ3n) is 7.28. The van der Waals surface area contributed by atoms with Crippen molar-refractivity contribution < 1.29 is 14.9 Å². The highest BCUT2D eigenvalue weighted by Gasteiger charge is 2.46. The van der Waals surface area contributed by atoms with E-state index >= 15 is 0 Å². The van der Waals surface area contributed by atoms with Gasteiger partial charge in [0.15, 0.2) is 0 Å².